The molecule has 110 valence electrons. The molecular formula is C15H15FN2O3. The Morgan fingerprint density at radius 2 is 2.19 bits per heavy atom. The van der Waals surface area contributed by atoms with E-state index in [4.69, 9.17) is 4.42 Å². The van der Waals surface area contributed by atoms with Crippen molar-refractivity contribution in [3.8, 4) is 0 Å². The minimum Gasteiger partial charge on any atom is -0.464 e. The van der Waals surface area contributed by atoms with Crippen molar-refractivity contribution in [2.75, 3.05) is 5.32 Å². The second-order valence-corrected chi connectivity index (χ2v) is 5.40. The SMILES string of the molecule is CC1CC1c1ccc(CNc2ccc(F)c([N+](=O)[O-])c2)o1. The molecule has 1 aliphatic rings. The summed E-state index contributed by atoms with van der Waals surface area (Å²) in [6, 6.07) is 7.60. The minimum absolute atomic E-state index is 0.407. The van der Waals surface area contributed by atoms with E-state index in [2.05, 4.69) is 12.2 Å². The van der Waals surface area contributed by atoms with Gasteiger partial charge in [-0.15, -0.1) is 0 Å². The third-order valence-electron chi connectivity index (χ3n) is 3.77. The molecule has 2 aromatic rings. The molecular weight excluding hydrogens is 275 g/mol. The van der Waals surface area contributed by atoms with Crippen LogP contribution in [-0.4, -0.2) is 4.92 Å². The molecule has 1 fully saturated rings. The molecule has 1 heterocycles. The van der Waals surface area contributed by atoms with E-state index in [-0.39, 0.29) is 0 Å². The molecule has 1 aromatic heterocycles. The third-order valence-corrected chi connectivity index (χ3v) is 3.77. The van der Waals surface area contributed by atoms with Gasteiger partial charge >= 0.3 is 5.69 Å². The van der Waals surface area contributed by atoms with Crippen molar-refractivity contribution >= 4 is 11.4 Å². The minimum atomic E-state index is -0.839. The summed E-state index contributed by atoms with van der Waals surface area (Å²) in [6.45, 7) is 2.59. The number of anilines is 1. The topological polar surface area (TPSA) is 68.3 Å². The first-order chi connectivity index (χ1) is 10.0. The van der Waals surface area contributed by atoms with Crippen LogP contribution in [0, 0.1) is 21.8 Å². The van der Waals surface area contributed by atoms with E-state index in [9.17, 15) is 14.5 Å². The van der Waals surface area contributed by atoms with Gasteiger partial charge in [0.15, 0.2) is 0 Å². The average Bonchev–Trinajstić information content (AvgIpc) is 3.00. The van der Waals surface area contributed by atoms with Crippen LogP contribution in [0.4, 0.5) is 15.8 Å². The Morgan fingerprint density at radius 1 is 1.43 bits per heavy atom. The fourth-order valence-electron chi connectivity index (χ4n) is 2.36. The molecule has 0 spiro atoms. The number of nitrogens with zero attached hydrogens (tertiary/aromatic N) is 1. The van der Waals surface area contributed by atoms with Crippen LogP contribution in [0.5, 0.6) is 0 Å². The maximum absolute atomic E-state index is 13.2. The first-order valence-corrected chi connectivity index (χ1v) is 6.81. The van der Waals surface area contributed by atoms with E-state index in [1.807, 2.05) is 12.1 Å². The van der Waals surface area contributed by atoms with Crippen LogP contribution in [0.1, 0.15) is 30.8 Å². The summed E-state index contributed by atoms with van der Waals surface area (Å²) < 4.78 is 19.0. The van der Waals surface area contributed by atoms with Crippen molar-refractivity contribution < 1.29 is 13.7 Å². The van der Waals surface area contributed by atoms with Crippen LogP contribution in [0.3, 0.4) is 0 Å². The smallest absolute Gasteiger partial charge is 0.306 e. The summed E-state index contributed by atoms with van der Waals surface area (Å²) in [6.07, 6.45) is 1.16. The highest BCUT2D eigenvalue weighted by atomic mass is 19.1. The van der Waals surface area contributed by atoms with Crippen LogP contribution in [-0.2, 0) is 6.54 Å². The van der Waals surface area contributed by atoms with Gasteiger partial charge in [0.2, 0.25) is 5.82 Å². The molecule has 0 aliphatic heterocycles. The van der Waals surface area contributed by atoms with Gasteiger partial charge in [-0.1, -0.05) is 6.92 Å². The Bertz CT molecular complexity index is 683. The summed E-state index contributed by atoms with van der Waals surface area (Å²) in [5.41, 5.74) is -0.0484. The molecule has 1 aromatic carbocycles. The number of nitro groups is 1. The molecule has 0 saturated heterocycles. The van der Waals surface area contributed by atoms with Crippen LogP contribution in [0.15, 0.2) is 34.7 Å². The summed E-state index contributed by atoms with van der Waals surface area (Å²) >= 11 is 0. The van der Waals surface area contributed by atoms with Gasteiger partial charge in [-0.2, -0.15) is 4.39 Å². The zero-order chi connectivity index (χ0) is 15.0. The van der Waals surface area contributed by atoms with E-state index < -0.39 is 16.4 Å². The molecule has 1 saturated carbocycles. The second-order valence-electron chi connectivity index (χ2n) is 5.40. The van der Waals surface area contributed by atoms with Crippen molar-refractivity contribution in [1.82, 2.24) is 0 Å². The summed E-state index contributed by atoms with van der Waals surface area (Å²) in [7, 11) is 0. The van der Waals surface area contributed by atoms with E-state index in [0.717, 1.165) is 24.0 Å². The summed E-state index contributed by atoms with van der Waals surface area (Å²) in [4.78, 5) is 9.95. The predicted molar refractivity (Wildman–Crippen MR) is 75.6 cm³/mol. The Hall–Kier alpha value is -2.37. The second kappa shape index (κ2) is 5.20. The lowest BCUT2D eigenvalue weighted by atomic mass is 10.2. The van der Waals surface area contributed by atoms with Gasteiger partial charge in [0.1, 0.15) is 11.5 Å². The lowest BCUT2D eigenvalue weighted by Gasteiger charge is -2.04. The van der Waals surface area contributed by atoms with Crippen molar-refractivity contribution in [2.45, 2.75) is 25.8 Å². The first-order valence-electron chi connectivity index (χ1n) is 6.81. The fraction of sp³-hybridized carbons (Fsp3) is 0.333. The summed E-state index contributed by atoms with van der Waals surface area (Å²) in [5.74, 6) is 2.11. The molecule has 0 amide bonds. The van der Waals surface area contributed by atoms with Gasteiger partial charge in [0.25, 0.3) is 0 Å². The number of nitrogens with one attached hydrogen (secondary N) is 1. The molecule has 2 unspecified atom stereocenters. The van der Waals surface area contributed by atoms with E-state index in [1.165, 1.54) is 12.1 Å². The van der Waals surface area contributed by atoms with Gasteiger partial charge in [-0.3, -0.25) is 10.1 Å². The predicted octanol–water partition coefficient (Wildman–Crippen LogP) is 4.06. The van der Waals surface area contributed by atoms with Gasteiger partial charge in [-0.25, -0.2) is 0 Å². The molecule has 0 bridgehead atoms. The largest absolute Gasteiger partial charge is 0.464 e. The Balaban J connectivity index is 1.66. The molecule has 1 aliphatic carbocycles. The molecule has 6 heteroatoms. The third kappa shape index (κ3) is 2.89. The monoisotopic (exact) mass is 290 g/mol. The van der Waals surface area contributed by atoms with Crippen LogP contribution in [0.25, 0.3) is 0 Å². The molecule has 21 heavy (non-hydrogen) atoms. The first kappa shape index (κ1) is 13.6. The van der Waals surface area contributed by atoms with Crippen LogP contribution < -0.4 is 5.32 Å². The quantitative estimate of drug-likeness (QED) is 0.666. The van der Waals surface area contributed by atoms with E-state index >= 15 is 0 Å². The maximum atomic E-state index is 13.2. The number of halogens is 1. The Kier molecular flexibility index (Phi) is 3.37. The van der Waals surface area contributed by atoms with Gasteiger partial charge < -0.3 is 9.73 Å². The van der Waals surface area contributed by atoms with E-state index in [1.54, 1.807) is 0 Å². The zero-order valence-electron chi connectivity index (χ0n) is 11.5. The zero-order valence-corrected chi connectivity index (χ0v) is 11.5. The fourth-order valence-corrected chi connectivity index (χ4v) is 2.36. The van der Waals surface area contributed by atoms with Crippen molar-refractivity contribution in [1.29, 1.82) is 0 Å². The lowest BCUT2D eigenvalue weighted by molar-refractivity contribution is -0.387. The van der Waals surface area contributed by atoms with Crippen LogP contribution >= 0.6 is 0 Å². The van der Waals surface area contributed by atoms with Gasteiger partial charge in [0, 0.05) is 17.7 Å². The Morgan fingerprint density at radius 3 is 2.86 bits per heavy atom. The highest BCUT2D eigenvalue weighted by molar-refractivity contribution is 5.51. The molecule has 3 rings (SSSR count). The highest BCUT2D eigenvalue weighted by Crippen LogP contribution is 2.47. The number of furan rings is 1. The number of rotatable bonds is 5. The number of benzene rings is 1. The highest BCUT2D eigenvalue weighted by Gasteiger charge is 2.36. The average molecular weight is 290 g/mol. The van der Waals surface area contributed by atoms with Gasteiger partial charge in [0.05, 0.1) is 11.5 Å². The van der Waals surface area contributed by atoms with E-state index in [0.29, 0.717) is 24.1 Å². The standard InChI is InChI=1S/C15H15FN2O3/c1-9-6-12(9)15-5-3-11(21-15)8-17-10-2-4-13(16)14(7-10)18(19)20/h2-5,7,9,12,17H,6,8H2,1H3. The number of hydrogen-bond acceptors (Lipinski definition) is 4. The molecule has 5 nitrogen and oxygen atoms in total. The van der Waals surface area contributed by atoms with Crippen LogP contribution in [0.2, 0.25) is 0 Å². The molecule has 2 atom stereocenters. The maximum Gasteiger partial charge on any atom is 0.306 e. The Labute approximate surface area is 120 Å². The number of hydrogen-bond donors (Lipinski definition) is 1. The molecule has 0 radical (unpaired) electrons. The van der Waals surface area contributed by atoms with Gasteiger partial charge in [-0.05, 0) is 36.6 Å². The van der Waals surface area contributed by atoms with Crippen molar-refractivity contribution in [2.24, 2.45) is 5.92 Å². The summed E-state index contributed by atoms with van der Waals surface area (Å²) in [5, 5.41) is 13.7. The normalized spacial score (nSPS) is 20.3. The van der Waals surface area contributed by atoms with Crippen molar-refractivity contribution in [3.63, 3.8) is 0 Å². The van der Waals surface area contributed by atoms with Crippen molar-refractivity contribution in [3.05, 3.63) is 57.8 Å². The lowest BCUT2D eigenvalue weighted by Crippen LogP contribution is -2.00. The number of nitro benzene ring substituents is 1. The molecule has 1 N–H and O–H groups in total.